The molecule has 2 atom stereocenters. The third-order valence-corrected chi connectivity index (χ3v) is 4.08. The fraction of sp³-hybridized carbons (Fsp3) is 0.867. The second-order valence-electron chi connectivity index (χ2n) is 7.88. The highest BCUT2D eigenvalue weighted by Gasteiger charge is 2.37. The van der Waals surface area contributed by atoms with Crippen molar-refractivity contribution in [3.05, 3.63) is 0 Å². The SMILES string of the molecule is CC(C)(C)C1CCN(C(=O)NC(C(=O)O)C(C)(C)C)C1. The van der Waals surface area contributed by atoms with Crippen molar-refractivity contribution in [1.29, 1.82) is 0 Å². The molecule has 0 spiro atoms. The van der Waals surface area contributed by atoms with E-state index in [0.717, 1.165) is 6.42 Å². The lowest BCUT2D eigenvalue weighted by Gasteiger charge is -2.30. The molecule has 0 aromatic heterocycles. The van der Waals surface area contributed by atoms with Crippen LogP contribution >= 0.6 is 0 Å². The van der Waals surface area contributed by atoms with Gasteiger partial charge in [0, 0.05) is 13.1 Å². The van der Waals surface area contributed by atoms with Gasteiger partial charge in [-0.15, -0.1) is 0 Å². The molecule has 2 amide bonds. The van der Waals surface area contributed by atoms with Gasteiger partial charge in [-0.2, -0.15) is 0 Å². The first-order valence-electron chi connectivity index (χ1n) is 7.21. The second kappa shape index (κ2) is 5.62. The summed E-state index contributed by atoms with van der Waals surface area (Å²) in [6, 6.07) is -1.14. The third-order valence-electron chi connectivity index (χ3n) is 4.08. The summed E-state index contributed by atoms with van der Waals surface area (Å²) in [6.45, 7) is 13.4. The van der Waals surface area contributed by atoms with E-state index < -0.39 is 17.4 Å². The number of hydrogen-bond acceptors (Lipinski definition) is 2. The molecule has 2 unspecified atom stereocenters. The highest BCUT2D eigenvalue weighted by atomic mass is 16.4. The van der Waals surface area contributed by atoms with Crippen molar-refractivity contribution in [3.8, 4) is 0 Å². The summed E-state index contributed by atoms with van der Waals surface area (Å²) in [5.41, 5.74) is -0.337. The molecule has 2 N–H and O–H groups in total. The molecule has 20 heavy (non-hydrogen) atoms. The van der Waals surface area contributed by atoms with Crippen LogP contribution in [0.15, 0.2) is 0 Å². The Kier molecular flexibility index (Phi) is 4.72. The lowest BCUT2D eigenvalue weighted by molar-refractivity contribution is -0.142. The molecule has 5 heteroatoms. The zero-order valence-electron chi connectivity index (χ0n) is 13.5. The Balaban J connectivity index is 2.66. The minimum absolute atomic E-state index is 0.172. The smallest absolute Gasteiger partial charge is 0.326 e. The largest absolute Gasteiger partial charge is 0.480 e. The zero-order chi connectivity index (χ0) is 15.7. The maximum atomic E-state index is 12.2. The Bertz CT molecular complexity index is 380. The Morgan fingerprint density at radius 2 is 1.75 bits per heavy atom. The van der Waals surface area contributed by atoms with E-state index in [2.05, 4.69) is 26.1 Å². The van der Waals surface area contributed by atoms with Gasteiger partial charge in [-0.25, -0.2) is 9.59 Å². The van der Waals surface area contributed by atoms with E-state index in [9.17, 15) is 14.7 Å². The summed E-state index contributed by atoms with van der Waals surface area (Å²) in [5, 5.41) is 11.9. The van der Waals surface area contributed by atoms with Crippen LogP contribution in [0.2, 0.25) is 0 Å². The first-order chi connectivity index (χ1) is 8.93. The molecule has 0 aromatic carbocycles. The van der Waals surface area contributed by atoms with Crippen LogP contribution in [0.3, 0.4) is 0 Å². The topological polar surface area (TPSA) is 69.6 Å². The van der Waals surface area contributed by atoms with E-state index in [1.807, 2.05) is 20.8 Å². The quantitative estimate of drug-likeness (QED) is 0.818. The van der Waals surface area contributed by atoms with Crippen LogP contribution in [0.4, 0.5) is 4.79 Å². The summed E-state index contributed by atoms with van der Waals surface area (Å²) < 4.78 is 0. The average Bonchev–Trinajstić information content (AvgIpc) is 2.71. The van der Waals surface area contributed by atoms with Crippen molar-refractivity contribution in [3.63, 3.8) is 0 Å². The predicted octanol–water partition coefficient (Wildman–Crippen LogP) is 2.56. The molecule has 0 bridgehead atoms. The predicted molar refractivity (Wildman–Crippen MR) is 78.5 cm³/mol. The van der Waals surface area contributed by atoms with Crippen LogP contribution in [0.1, 0.15) is 48.0 Å². The van der Waals surface area contributed by atoms with E-state index >= 15 is 0 Å². The number of nitrogens with one attached hydrogen (secondary N) is 1. The minimum atomic E-state index is -0.989. The van der Waals surface area contributed by atoms with Crippen molar-refractivity contribution in [2.45, 2.75) is 54.0 Å². The lowest BCUT2D eigenvalue weighted by atomic mass is 9.80. The van der Waals surface area contributed by atoms with E-state index in [0.29, 0.717) is 19.0 Å². The molecule has 0 radical (unpaired) electrons. The van der Waals surface area contributed by atoms with E-state index in [4.69, 9.17) is 0 Å². The molecule has 0 saturated carbocycles. The Hall–Kier alpha value is -1.26. The molecule has 1 aliphatic heterocycles. The molecule has 1 saturated heterocycles. The third kappa shape index (κ3) is 4.12. The van der Waals surface area contributed by atoms with Gasteiger partial charge < -0.3 is 15.3 Å². The number of likely N-dealkylation sites (tertiary alicyclic amines) is 1. The Morgan fingerprint density at radius 1 is 1.20 bits per heavy atom. The number of aliphatic carboxylic acids is 1. The maximum Gasteiger partial charge on any atom is 0.326 e. The fourth-order valence-corrected chi connectivity index (χ4v) is 2.52. The molecule has 1 aliphatic rings. The number of nitrogens with zero attached hydrogens (tertiary/aromatic N) is 1. The standard InChI is InChI=1S/C15H28N2O3/c1-14(2,3)10-7-8-17(9-10)13(20)16-11(12(18)19)15(4,5)6/h10-11H,7-9H2,1-6H3,(H,16,20)(H,18,19). The van der Waals surface area contributed by atoms with E-state index in [-0.39, 0.29) is 11.4 Å². The first-order valence-corrected chi connectivity index (χ1v) is 7.21. The Morgan fingerprint density at radius 3 is 2.10 bits per heavy atom. The van der Waals surface area contributed by atoms with E-state index in [1.54, 1.807) is 4.90 Å². The average molecular weight is 284 g/mol. The number of carbonyl (C=O) groups is 2. The van der Waals surface area contributed by atoms with Crippen molar-refractivity contribution in [1.82, 2.24) is 10.2 Å². The molecule has 5 nitrogen and oxygen atoms in total. The number of carbonyl (C=O) groups excluding carboxylic acids is 1. The van der Waals surface area contributed by atoms with Gasteiger partial charge in [0.05, 0.1) is 0 Å². The van der Waals surface area contributed by atoms with Gasteiger partial charge in [0.15, 0.2) is 0 Å². The van der Waals surface area contributed by atoms with Gasteiger partial charge >= 0.3 is 12.0 Å². The van der Waals surface area contributed by atoms with Crippen molar-refractivity contribution in [2.24, 2.45) is 16.7 Å². The lowest BCUT2D eigenvalue weighted by Crippen LogP contribution is -2.53. The monoisotopic (exact) mass is 284 g/mol. The van der Waals surface area contributed by atoms with Crippen LogP contribution in [0, 0.1) is 16.7 Å². The van der Waals surface area contributed by atoms with Gasteiger partial charge in [0.25, 0.3) is 0 Å². The summed E-state index contributed by atoms with van der Waals surface area (Å²) >= 11 is 0. The highest BCUT2D eigenvalue weighted by Crippen LogP contribution is 2.33. The summed E-state index contributed by atoms with van der Waals surface area (Å²) in [6.07, 6.45) is 0.976. The van der Waals surface area contributed by atoms with Gasteiger partial charge in [0.2, 0.25) is 0 Å². The molecule has 0 aromatic rings. The number of hydrogen-bond donors (Lipinski definition) is 2. The van der Waals surface area contributed by atoms with Crippen molar-refractivity contribution >= 4 is 12.0 Å². The highest BCUT2D eigenvalue weighted by molar-refractivity contribution is 5.83. The van der Waals surface area contributed by atoms with Crippen molar-refractivity contribution in [2.75, 3.05) is 13.1 Å². The summed E-state index contributed by atoms with van der Waals surface area (Å²) in [7, 11) is 0. The zero-order valence-corrected chi connectivity index (χ0v) is 13.5. The molecule has 116 valence electrons. The van der Waals surface area contributed by atoms with Gasteiger partial charge in [-0.05, 0) is 23.2 Å². The maximum absolute atomic E-state index is 12.2. The number of carboxylic acids is 1. The van der Waals surface area contributed by atoms with E-state index in [1.165, 1.54) is 0 Å². The van der Waals surface area contributed by atoms with Gasteiger partial charge in [-0.3, -0.25) is 0 Å². The second-order valence-corrected chi connectivity index (χ2v) is 7.88. The van der Waals surface area contributed by atoms with Gasteiger partial charge in [0.1, 0.15) is 6.04 Å². The molecular weight excluding hydrogens is 256 g/mol. The summed E-state index contributed by atoms with van der Waals surface area (Å²) in [5.74, 6) is -0.524. The Labute approximate surface area is 121 Å². The fourth-order valence-electron chi connectivity index (χ4n) is 2.52. The summed E-state index contributed by atoms with van der Waals surface area (Å²) in [4.78, 5) is 25.3. The van der Waals surface area contributed by atoms with Crippen LogP contribution in [-0.2, 0) is 4.79 Å². The minimum Gasteiger partial charge on any atom is -0.480 e. The van der Waals surface area contributed by atoms with Crippen LogP contribution < -0.4 is 5.32 Å². The molecule has 1 heterocycles. The van der Waals surface area contributed by atoms with Crippen LogP contribution in [0.5, 0.6) is 0 Å². The molecule has 0 aliphatic carbocycles. The number of amides is 2. The first kappa shape index (κ1) is 16.8. The molecule has 1 rings (SSSR count). The molecule has 1 fully saturated rings. The van der Waals surface area contributed by atoms with Crippen molar-refractivity contribution < 1.29 is 14.7 Å². The number of carboxylic acid groups (broad SMARTS) is 1. The van der Waals surface area contributed by atoms with Crippen LogP contribution in [-0.4, -0.2) is 41.1 Å². The molecular formula is C15H28N2O3. The van der Waals surface area contributed by atoms with Gasteiger partial charge in [-0.1, -0.05) is 41.5 Å². The number of urea groups is 1. The van der Waals surface area contributed by atoms with Crippen LogP contribution in [0.25, 0.3) is 0 Å². The normalized spacial score (nSPS) is 21.7. The number of rotatable bonds is 2.